The summed E-state index contributed by atoms with van der Waals surface area (Å²) >= 11 is 0. The average Bonchev–Trinajstić information content (AvgIpc) is 3.62. The third-order valence-corrected chi connectivity index (χ3v) is 8.93. The second-order valence-corrected chi connectivity index (χ2v) is 11.4. The van der Waals surface area contributed by atoms with Gasteiger partial charge in [-0.25, -0.2) is 0 Å². The van der Waals surface area contributed by atoms with Crippen molar-refractivity contribution in [1.82, 2.24) is 9.13 Å². The zero-order chi connectivity index (χ0) is 29.0. The van der Waals surface area contributed by atoms with Gasteiger partial charge in [0.15, 0.2) is 0 Å². The molecule has 0 atom stereocenters. The molecule has 2 heterocycles. The Kier molecular flexibility index (Phi) is 5.54. The summed E-state index contributed by atoms with van der Waals surface area (Å²) in [5, 5.41) is 5.09. The number of aromatic nitrogens is 2. The molecule has 0 saturated carbocycles. The third-order valence-electron chi connectivity index (χ3n) is 8.93. The van der Waals surface area contributed by atoms with Crippen molar-refractivity contribution in [1.29, 1.82) is 0 Å². The number of rotatable bonds is 4. The molecule has 9 rings (SSSR count). The van der Waals surface area contributed by atoms with Crippen molar-refractivity contribution in [2.45, 2.75) is 0 Å². The van der Waals surface area contributed by atoms with E-state index >= 15 is 0 Å². The first-order valence-corrected chi connectivity index (χ1v) is 15.1. The number of nitrogens with zero attached hydrogens (tertiary/aromatic N) is 2. The summed E-state index contributed by atoms with van der Waals surface area (Å²) in [6, 6.07) is 61.3. The van der Waals surface area contributed by atoms with E-state index in [0.29, 0.717) is 0 Å². The van der Waals surface area contributed by atoms with Crippen molar-refractivity contribution in [3.8, 4) is 33.6 Å². The van der Waals surface area contributed by atoms with E-state index in [1.54, 1.807) is 0 Å². The number of fused-ring (bicyclic) bond motifs is 6. The highest BCUT2D eigenvalue weighted by molar-refractivity contribution is 6.16. The van der Waals surface area contributed by atoms with Gasteiger partial charge in [0.25, 0.3) is 0 Å². The van der Waals surface area contributed by atoms with E-state index in [4.69, 9.17) is 0 Å². The van der Waals surface area contributed by atoms with E-state index < -0.39 is 0 Å². The van der Waals surface area contributed by atoms with Crippen LogP contribution in [-0.4, -0.2) is 9.13 Å². The molecule has 0 fully saturated rings. The minimum absolute atomic E-state index is 1.18. The van der Waals surface area contributed by atoms with Gasteiger partial charge >= 0.3 is 0 Å². The zero-order valence-electron chi connectivity index (χ0n) is 24.1. The predicted octanol–water partition coefficient (Wildman–Crippen LogP) is 11.2. The van der Waals surface area contributed by atoms with Crippen molar-refractivity contribution in [3.63, 3.8) is 0 Å². The Bertz CT molecular complexity index is 2460. The fraction of sp³-hybridized carbons (Fsp3) is 0. The molecular weight excluding hydrogens is 532 g/mol. The molecule has 2 nitrogen and oxygen atoms in total. The quantitative estimate of drug-likeness (QED) is 0.203. The van der Waals surface area contributed by atoms with Crippen LogP contribution in [0.15, 0.2) is 170 Å². The molecule has 0 aliphatic rings. The molecule has 2 heteroatoms. The van der Waals surface area contributed by atoms with E-state index in [2.05, 4.69) is 179 Å². The minimum Gasteiger partial charge on any atom is -0.309 e. The molecule has 9 aromatic rings. The predicted molar refractivity (Wildman–Crippen MR) is 186 cm³/mol. The first-order chi connectivity index (χ1) is 21.8. The van der Waals surface area contributed by atoms with Crippen LogP contribution in [0.1, 0.15) is 0 Å². The smallest absolute Gasteiger partial charge is 0.0547 e. The van der Waals surface area contributed by atoms with Crippen LogP contribution < -0.4 is 0 Å². The fourth-order valence-electron chi connectivity index (χ4n) is 6.97. The molecule has 0 spiro atoms. The summed E-state index contributed by atoms with van der Waals surface area (Å²) in [6.45, 7) is 0. The van der Waals surface area contributed by atoms with E-state index in [9.17, 15) is 0 Å². The number of hydrogen-bond acceptors (Lipinski definition) is 0. The number of hydrogen-bond donors (Lipinski definition) is 0. The summed E-state index contributed by atoms with van der Waals surface area (Å²) in [4.78, 5) is 0. The lowest BCUT2D eigenvalue weighted by molar-refractivity contribution is 1.18. The summed E-state index contributed by atoms with van der Waals surface area (Å²) in [6.07, 6.45) is 0. The summed E-state index contributed by atoms with van der Waals surface area (Å²) in [5.74, 6) is 0. The van der Waals surface area contributed by atoms with Crippen LogP contribution in [0.4, 0.5) is 0 Å². The lowest BCUT2D eigenvalue weighted by Crippen LogP contribution is -1.93. The van der Waals surface area contributed by atoms with Gasteiger partial charge in [-0.2, -0.15) is 0 Å². The highest BCUT2D eigenvalue weighted by Gasteiger charge is 2.16. The van der Waals surface area contributed by atoms with E-state index in [-0.39, 0.29) is 0 Å². The van der Waals surface area contributed by atoms with E-state index in [0.717, 1.165) is 0 Å². The molecule has 0 N–H and O–H groups in total. The van der Waals surface area contributed by atoms with Gasteiger partial charge in [0, 0.05) is 32.9 Å². The van der Waals surface area contributed by atoms with Crippen molar-refractivity contribution in [3.05, 3.63) is 170 Å². The second-order valence-electron chi connectivity index (χ2n) is 11.4. The van der Waals surface area contributed by atoms with Gasteiger partial charge in [0.05, 0.1) is 22.1 Å². The lowest BCUT2D eigenvalue weighted by atomic mass is 9.96. The maximum absolute atomic E-state index is 2.38. The molecule has 44 heavy (non-hydrogen) atoms. The van der Waals surface area contributed by atoms with Gasteiger partial charge in [0.2, 0.25) is 0 Å². The first kappa shape index (κ1) is 24.7. The molecule has 0 radical (unpaired) electrons. The standard InChI is InChI=1S/C42H28N2/c1-3-12-32(13-4-1)43-38-19-9-7-16-35(38)37-28-31(26-27-40(37)43)29-22-24-30(25-23-29)34-18-11-21-41-42(34)36-17-8-10-20-39(36)44(41)33-14-5-2-6-15-33/h1-28H. The molecule has 7 aromatic carbocycles. The van der Waals surface area contributed by atoms with Gasteiger partial charge in [-0.1, -0.05) is 115 Å². The highest BCUT2D eigenvalue weighted by Crippen LogP contribution is 2.39. The van der Waals surface area contributed by atoms with Crippen LogP contribution in [0.25, 0.3) is 77.2 Å². The van der Waals surface area contributed by atoms with E-state index in [1.165, 1.54) is 77.2 Å². The molecule has 206 valence electrons. The Morgan fingerprint density at radius 1 is 0.295 bits per heavy atom. The normalized spacial score (nSPS) is 11.6. The molecule has 0 bridgehead atoms. The minimum atomic E-state index is 1.18. The fourth-order valence-corrected chi connectivity index (χ4v) is 6.97. The van der Waals surface area contributed by atoms with Crippen LogP contribution in [0.3, 0.4) is 0 Å². The number of benzene rings is 7. The van der Waals surface area contributed by atoms with Crippen LogP contribution >= 0.6 is 0 Å². The number of para-hydroxylation sites is 4. The van der Waals surface area contributed by atoms with Gasteiger partial charge in [-0.15, -0.1) is 0 Å². The summed E-state index contributed by atoms with van der Waals surface area (Å²) < 4.78 is 4.74. The van der Waals surface area contributed by atoms with Gasteiger partial charge < -0.3 is 9.13 Å². The SMILES string of the molecule is c1ccc(-n2c3ccccc3c3cc(-c4ccc(-c5cccc6c5c5ccccc5n6-c5ccccc5)cc4)ccc32)cc1. The van der Waals surface area contributed by atoms with Crippen molar-refractivity contribution >= 4 is 43.6 Å². The highest BCUT2D eigenvalue weighted by atomic mass is 15.0. The molecule has 0 amide bonds. The van der Waals surface area contributed by atoms with Crippen LogP contribution in [-0.2, 0) is 0 Å². The lowest BCUT2D eigenvalue weighted by Gasteiger charge is -2.10. The summed E-state index contributed by atoms with van der Waals surface area (Å²) in [7, 11) is 0. The van der Waals surface area contributed by atoms with Gasteiger partial charge in [0.1, 0.15) is 0 Å². The maximum Gasteiger partial charge on any atom is 0.0547 e. The third kappa shape index (κ3) is 3.75. The average molecular weight is 561 g/mol. The Morgan fingerprint density at radius 2 is 0.795 bits per heavy atom. The summed E-state index contributed by atoms with van der Waals surface area (Å²) in [5.41, 5.74) is 12.2. The van der Waals surface area contributed by atoms with Gasteiger partial charge in [-0.3, -0.25) is 0 Å². The topological polar surface area (TPSA) is 9.86 Å². The monoisotopic (exact) mass is 560 g/mol. The molecule has 0 aliphatic heterocycles. The van der Waals surface area contributed by atoms with Crippen molar-refractivity contribution in [2.24, 2.45) is 0 Å². The molecule has 0 unspecified atom stereocenters. The maximum atomic E-state index is 2.38. The zero-order valence-corrected chi connectivity index (χ0v) is 24.1. The molecular formula is C42H28N2. The second kappa shape index (κ2) is 9.86. The molecule has 2 aromatic heterocycles. The Morgan fingerprint density at radius 3 is 1.50 bits per heavy atom. The van der Waals surface area contributed by atoms with Crippen molar-refractivity contribution < 1.29 is 0 Å². The van der Waals surface area contributed by atoms with Crippen LogP contribution in [0.2, 0.25) is 0 Å². The van der Waals surface area contributed by atoms with E-state index in [1.807, 2.05) is 0 Å². The molecule has 0 aliphatic carbocycles. The largest absolute Gasteiger partial charge is 0.309 e. The first-order valence-electron chi connectivity index (χ1n) is 15.1. The van der Waals surface area contributed by atoms with Gasteiger partial charge in [-0.05, 0) is 76.9 Å². The molecule has 0 saturated heterocycles. The Balaban J connectivity index is 1.17. The van der Waals surface area contributed by atoms with Crippen LogP contribution in [0.5, 0.6) is 0 Å². The van der Waals surface area contributed by atoms with Crippen LogP contribution in [0, 0.1) is 0 Å². The Hall–Kier alpha value is -5.86. The van der Waals surface area contributed by atoms with Crippen molar-refractivity contribution in [2.75, 3.05) is 0 Å². The Labute approximate surface area is 255 Å².